The molecule has 5 atom stereocenters. The zero-order chi connectivity index (χ0) is 11.7. The number of allylic oxidation sites excluding steroid dienone is 2. The summed E-state index contributed by atoms with van der Waals surface area (Å²) >= 11 is 0. The third-order valence-corrected chi connectivity index (χ3v) is 6.29. The lowest BCUT2D eigenvalue weighted by Gasteiger charge is -2.41. The summed E-state index contributed by atoms with van der Waals surface area (Å²) in [5.74, 6) is 2.51. The number of carbonyl (C=O) groups is 1. The Morgan fingerprint density at radius 1 is 1.38 bits per heavy atom. The quantitative estimate of drug-likeness (QED) is 0.568. The van der Waals surface area contributed by atoms with Crippen LogP contribution >= 0.6 is 0 Å². The van der Waals surface area contributed by atoms with Crippen LogP contribution in [0.3, 0.4) is 0 Å². The summed E-state index contributed by atoms with van der Waals surface area (Å²) in [6, 6.07) is 0. The van der Waals surface area contributed by atoms with Crippen molar-refractivity contribution < 1.29 is 4.79 Å². The fraction of sp³-hybridized carbons (Fsp3) is 0.800. The second-order valence-corrected chi connectivity index (χ2v) is 6.60. The summed E-state index contributed by atoms with van der Waals surface area (Å²) in [5, 5.41) is 0. The van der Waals surface area contributed by atoms with Crippen molar-refractivity contribution in [1.29, 1.82) is 0 Å². The Morgan fingerprint density at radius 3 is 2.75 bits per heavy atom. The van der Waals surface area contributed by atoms with E-state index in [1.165, 1.54) is 18.4 Å². The molecule has 0 N–H and O–H groups in total. The van der Waals surface area contributed by atoms with Crippen molar-refractivity contribution in [2.24, 2.45) is 28.6 Å². The van der Waals surface area contributed by atoms with Crippen molar-refractivity contribution in [3.63, 3.8) is 0 Å². The predicted molar refractivity (Wildman–Crippen MR) is 65.0 cm³/mol. The van der Waals surface area contributed by atoms with Crippen LogP contribution in [0.2, 0.25) is 0 Å². The van der Waals surface area contributed by atoms with Gasteiger partial charge in [0.25, 0.3) is 0 Å². The Balaban J connectivity index is 2.18. The van der Waals surface area contributed by atoms with Gasteiger partial charge in [-0.25, -0.2) is 0 Å². The zero-order valence-corrected chi connectivity index (χ0v) is 10.8. The number of hydrogen-bond donors (Lipinski definition) is 0. The third kappa shape index (κ3) is 0.846. The van der Waals surface area contributed by atoms with Crippen LogP contribution in [0.4, 0.5) is 0 Å². The number of carbonyl (C=O) groups excluding carboxylic acids is 1. The highest BCUT2D eigenvalue weighted by Crippen LogP contribution is 2.71. The Kier molecular flexibility index (Phi) is 1.85. The van der Waals surface area contributed by atoms with Crippen LogP contribution in [-0.2, 0) is 4.79 Å². The molecule has 16 heavy (non-hydrogen) atoms. The van der Waals surface area contributed by atoms with Gasteiger partial charge in [-0.15, -0.1) is 0 Å². The van der Waals surface area contributed by atoms with Gasteiger partial charge in [-0.1, -0.05) is 25.5 Å². The summed E-state index contributed by atoms with van der Waals surface area (Å²) in [6.45, 7) is 9.12. The molecule has 1 nitrogen and oxygen atoms in total. The molecule has 3 rings (SSSR count). The Labute approximate surface area is 98.3 Å². The van der Waals surface area contributed by atoms with Crippen molar-refractivity contribution >= 4 is 5.78 Å². The molecular weight excluding hydrogens is 196 g/mol. The van der Waals surface area contributed by atoms with Gasteiger partial charge in [0.15, 0.2) is 0 Å². The van der Waals surface area contributed by atoms with Crippen LogP contribution in [0.5, 0.6) is 0 Å². The molecule has 88 valence electrons. The number of rotatable bonds is 0. The van der Waals surface area contributed by atoms with E-state index in [0.717, 1.165) is 12.3 Å². The molecule has 0 aromatic carbocycles. The first-order chi connectivity index (χ1) is 7.43. The van der Waals surface area contributed by atoms with E-state index in [1.54, 1.807) is 0 Å². The van der Waals surface area contributed by atoms with Gasteiger partial charge in [-0.3, -0.25) is 4.79 Å². The van der Waals surface area contributed by atoms with Gasteiger partial charge in [0, 0.05) is 6.42 Å². The monoisotopic (exact) mass is 218 g/mol. The molecule has 3 aliphatic rings. The standard InChI is InChI=1S/C15H22O/c1-9-5-6-15-11(3)10(2)8-14(15,4)13(16)7-12(9)15/h8-9,11-12H,5-7H2,1-4H3. The number of hydrogen-bond acceptors (Lipinski definition) is 1. The van der Waals surface area contributed by atoms with Crippen molar-refractivity contribution in [2.45, 2.75) is 47.0 Å². The molecule has 0 radical (unpaired) electrons. The molecule has 0 aliphatic heterocycles. The molecule has 1 spiro atoms. The van der Waals surface area contributed by atoms with Gasteiger partial charge in [-0.05, 0) is 49.9 Å². The van der Waals surface area contributed by atoms with E-state index in [-0.39, 0.29) is 10.8 Å². The lowest BCUT2D eigenvalue weighted by molar-refractivity contribution is -0.126. The van der Waals surface area contributed by atoms with Gasteiger partial charge in [0.2, 0.25) is 0 Å². The van der Waals surface area contributed by atoms with E-state index in [4.69, 9.17) is 0 Å². The highest BCUT2D eigenvalue weighted by Gasteiger charge is 2.69. The van der Waals surface area contributed by atoms with Crippen LogP contribution in [-0.4, -0.2) is 5.78 Å². The summed E-state index contributed by atoms with van der Waals surface area (Å²) in [5.41, 5.74) is 1.61. The van der Waals surface area contributed by atoms with Crippen LogP contribution < -0.4 is 0 Å². The second kappa shape index (κ2) is 2.80. The minimum Gasteiger partial charge on any atom is -0.299 e. The smallest absolute Gasteiger partial charge is 0.143 e. The fourth-order valence-corrected chi connectivity index (χ4v) is 5.25. The van der Waals surface area contributed by atoms with E-state index in [9.17, 15) is 4.79 Å². The van der Waals surface area contributed by atoms with E-state index < -0.39 is 0 Å². The van der Waals surface area contributed by atoms with Gasteiger partial charge in [0.05, 0.1) is 5.41 Å². The van der Waals surface area contributed by atoms with E-state index in [0.29, 0.717) is 17.6 Å². The molecule has 0 aromatic rings. The predicted octanol–water partition coefficient (Wildman–Crippen LogP) is 3.59. The Morgan fingerprint density at radius 2 is 2.06 bits per heavy atom. The minimum absolute atomic E-state index is 0.133. The average Bonchev–Trinajstić information content (AvgIpc) is 2.72. The maximum absolute atomic E-state index is 12.4. The van der Waals surface area contributed by atoms with Crippen LogP contribution in [0.1, 0.15) is 47.0 Å². The second-order valence-electron chi connectivity index (χ2n) is 6.60. The van der Waals surface area contributed by atoms with Crippen molar-refractivity contribution in [1.82, 2.24) is 0 Å². The molecule has 0 heterocycles. The highest BCUT2D eigenvalue weighted by molar-refractivity contribution is 5.91. The lowest BCUT2D eigenvalue weighted by atomic mass is 9.61. The summed E-state index contributed by atoms with van der Waals surface area (Å²) in [4.78, 5) is 12.4. The largest absolute Gasteiger partial charge is 0.299 e. The van der Waals surface area contributed by atoms with Gasteiger partial charge in [0.1, 0.15) is 5.78 Å². The highest BCUT2D eigenvalue weighted by atomic mass is 16.1. The van der Waals surface area contributed by atoms with Crippen molar-refractivity contribution in [2.75, 3.05) is 0 Å². The SMILES string of the molecule is CC1=CC2(C)C(=O)CC3C(C)CCC32C1C. The minimum atomic E-state index is -0.133. The molecule has 0 amide bonds. The Hall–Kier alpha value is -0.590. The first kappa shape index (κ1) is 10.6. The molecule has 3 aliphatic carbocycles. The van der Waals surface area contributed by atoms with E-state index >= 15 is 0 Å². The molecule has 1 heteroatoms. The van der Waals surface area contributed by atoms with Crippen molar-refractivity contribution in [3.05, 3.63) is 11.6 Å². The van der Waals surface area contributed by atoms with Crippen LogP contribution in [0, 0.1) is 28.6 Å². The topological polar surface area (TPSA) is 17.1 Å². The van der Waals surface area contributed by atoms with Gasteiger partial charge >= 0.3 is 0 Å². The normalized spacial score (nSPS) is 55.1. The third-order valence-electron chi connectivity index (χ3n) is 6.29. The van der Waals surface area contributed by atoms with E-state index in [2.05, 4.69) is 33.8 Å². The summed E-state index contributed by atoms with van der Waals surface area (Å²) < 4.78 is 0. The molecule has 0 saturated heterocycles. The lowest BCUT2D eigenvalue weighted by Crippen LogP contribution is -2.40. The number of ketones is 1. The first-order valence-corrected chi connectivity index (χ1v) is 6.66. The molecule has 2 saturated carbocycles. The summed E-state index contributed by atoms with van der Waals surface area (Å²) in [6.07, 6.45) is 5.72. The first-order valence-electron chi connectivity index (χ1n) is 6.66. The molecule has 5 unspecified atom stereocenters. The molecule has 0 bridgehead atoms. The summed E-state index contributed by atoms with van der Waals surface area (Å²) in [7, 11) is 0. The maximum Gasteiger partial charge on any atom is 0.143 e. The fourth-order valence-electron chi connectivity index (χ4n) is 5.25. The molecular formula is C15H22O. The zero-order valence-electron chi connectivity index (χ0n) is 10.8. The van der Waals surface area contributed by atoms with Gasteiger partial charge < -0.3 is 0 Å². The molecule has 2 fully saturated rings. The maximum atomic E-state index is 12.4. The number of Topliss-reactive ketones (excluding diaryl/α,β-unsaturated/α-hetero) is 1. The van der Waals surface area contributed by atoms with Crippen LogP contribution in [0.15, 0.2) is 11.6 Å². The van der Waals surface area contributed by atoms with Crippen molar-refractivity contribution in [3.8, 4) is 0 Å². The molecule has 0 aromatic heterocycles. The average molecular weight is 218 g/mol. The van der Waals surface area contributed by atoms with Crippen LogP contribution in [0.25, 0.3) is 0 Å². The van der Waals surface area contributed by atoms with E-state index in [1.807, 2.05) is 0 Å². The van der Waals surface area contributed by atoms with Gasteiger partial charge in [-0.2, -0.15) is 0 Å². The Bertz CT molecular complexity index is 394.